The summed E-state index contributed by atoms with van der Waals surface area (Å²) in [6, 6.07) is 56.7. The van der Waals surface area contributed by atoms with E-state index >= 15 is 0 Å². The normalized spacial score (nSPS) is 18.7. The first kappa shape index (κ1) is 39.6. The average Bonchev–Trinajstić information content (AvgIpc) is 3.88. The average molecular weight is 852 g/mol. The second kappa shape index (κ2) is 13.2. The van der Waals surface area contributed by atoms with E-state index in [9.17, 15) is 0 Å². The largest absolute Gasteiger partial charge is 0.310 e. The maximum atomic E-state index is 2.59. The van der Waals surface area contributed by atoms with Crippen molar-refractivity contribution in [3.8, 4) is 44.5 Å². The van der Waals surface area contributed by atoms with Gasteiger partial charge in [-0.15, -0.1) is 0 Å². The van der Waals surface area contributed by atoms with Crippen LogP contribution in [0.4, 0.5) is 17.1 Å². The topological polar surface area (TPSA) is 3.24 Å². The Kier molecular flexibility index (Phi) is 7.95. The van der Waals surface area contributed by atoms with Crippen LogP contribution < -0.4 is 4.90 Å². The summed E-state index contributed by atoms with van der Waals surface area (Å²) in [5.74, 6) is 0.397. The van der Waals surface area contributed by atoms with Gasteiger partial charge in [0, 0.05) is 44.6 Å². The van der Waals surface area contributed by atoms with Crippen LogP contribution in [0.2, 0.25) is 0 Å². The Morgan fingerprint density at radius 2 is 0.818 bits per heavy atom. The molecule has 0 heterocycles. The second-order valence-electron chi connectivity index (χ2n) is 22.1. The fourth-order valence-corrected chi connectivity index (χ4v) is 13.5. The molecule has 0 spiro atoms. The summed E-state index contributed by atoms with van der Waals surface area (Å²) in [5.41, 5.74) is 28.1. The minimum Gasteiger partial charge on any atom is -0.310 e. The zero-order chi connectivity index (χ0) is 45.2. The van der Waals surface area contributed by atoms with Gasteiger partial charge in [0.25, 0.3) is 0 Å². The van der Waals surface area contributed by atoms with E-state index in [1.54, 1.807) is 0 Å². The van der Waals surface area contributed by atoms with Crippen LogP contribution >= 0.6 is 0 Å². The molecule has 66 heavy (non-hydrogen) atoms. The maximum Gasteiger partial charge on any atom is 0.0465 e. The molecule has 0 amide bonds. The number of fused-ring (bicyclic) bond motifs is 14. The van der Waals surface area contributed by atoms with Crippen LogP contribution in [-0.4, -0.2) is 0 Å². The Morgan fingerprint density at radius 1 is 0.394 bits per heavy atom. The Morgan fingerprint density at radius 3 is 1.38 bits per heavy atom. The maximum absolute atomic E-state index is 2.59. The number of hydrogen-bond donors (Lipinski definition) is 0. The molecule has 322 valence electrons. The van der Waals surface area contributed by atoms with Crippen LogP contribution in [0.1, 0.15) is 125 Å². The molecule has 0 fully saturated rings. The summed E-state index contributed by atoms with van der Waals surface area (Å²) in [4.78, 5) is 2.54. The third-order valence-electron chi connectivity index (χ3n) is 17.2. The summed E-state index contributed by atoms with van der Waals surface area (Å²) in [7, 11) is 0. The standard InChI is InChI=1S/C65H57N/c1-38-18-10-11-19-42(38)50-35-60-61(49-23-13-12-20-43(49)50)52-37-58-51(36-59(52)65(60,8)9)48-31-28-41(34-57(48)64(58,6)7)66(39-26-29-46-44-21-14-16-24-53(44)62(2,3)55(46)32-39)40-27-30-47-45-22-15-17-25-54(45)63(4,5)56(47)33-40/h10-18,20-37,42H,19H2,1-9H3. The summed E-state index contributed by atoms with van der Waals surface area (Å²) >= 11 is 0. The fraction of sp³-hybridized carbons (Fsp3) is 0.231. The molecule has 1 nitrogen and oxygen atoms in total. The lowest BCUT2D eigenvalue weighted by atomic mass is 9.77. The van der Waals surface area contributed by atoms with E-state index < -0.39 is 0 Å². The molecule has 0 saturated carbocycles. The minimum absolute atomic E-state index is 0.111. The van der Waals surface area contributed by atoms with Gasteiger partial charge in [-0.2, -0.15) is 0 Å². The van der Waals surface area contributed by atoms with Crippen molar-refractivity contribution in [3.05, 3.63) is 219 Å². The Balaban J connectivity index is 0.973. The van der Waals surface area contributed by atoms with E-state index in [0.717, 1.165) is 6.42 Å². The molecule has 1 atom stereocenters. The molecule has 8 aromatic carbocycles. The van der Waals surface area contributed by atoms with Crippen LogP contribution in [0.5, 0.6) is 0 Å². The number of nitrogens with zero attached hydrogens (tertiary/aromatic N) is 1. The smallest absolute Gasteiger partial charge is 0.0465 e. The predicted octanol–water partition coefficient (Wildman–Crippen LogP) is 17.5. The van der Waals surface area contributed by atoms with E-state index in [0.29, 0.717) is 5.92 Å². The van der Waals surface area contributed by atoms with Crippen molar-refractivity contribution in [2.45, 2.75) is 96.3 Å². The highest BCUT2D eigenvalue weighted by atomic mass is 15.1. The molecule has 8 aromatic rings. The Labute approximate surface area is 391 Å². The first-order chi connectivity index (χ1) is 31.7. The first-order valence-corrected chi connectivity index (χ1v) is 24.2. The van der Waals surface area contributed by atoms with Crippen molar-refractivity contribution < 1.29 is 0 Å². The van der Waals surface area contributed by atoms with E-state index in [2.05, 4.69) is 231 Å². The van der Waals surface area contributed by atoms with Gasteiger partial charge < -0.3 is 4.90 Å². The van der Waals surface area contributed by atoms with Gasteiger partial charge in [0.15, 0.2) is 0 Å². The number of anilines is 3. The fourth-order valence-electron chi connectivity index (χ4n) is 13.5. The first-order valence-electron chi connectivity index (χ1n) is 24.2. The van der Waals surface area contributed by atoms with Gasteiger partial charge in [0.2, 0.25) is 0 Å². The SMILES string of the molecule is CC1=CC=CCC1c1cc2c(c3ccccc13)-c1cc3c(cc1C2(C)C)-c1ccc(N(c2ccc4c(c2)C(C)(C)c2ccccc2-4)c2ccc4c(c2)C(C)(C)c2ccccc2-4)cc1C3(C)C. The highest BCUT2D eigenvalue weighted by Gasteiger charge is 2.44. The second-order valence-corrected chi connectivity index (χ2v) is 22.1. The molecular formula is C65H57N. The number of benzene rings is 8. The summed E-state index contributed by atoms with van der Waals surface area (Å²) in [6.45, 7) is 21.7. The van der Waals surface area contributed by atoms with Gasteiger partial charge >= 0.3 is 0 Å². The molecule has 13 rings (SSSR count). The van der Waals surface area contributed by atoms with Crippen molar-refractivity contribution in [2.24, 2.45) is 0 Å². The predicted molar refractivity (Wildman–Crippen MR) is 279 cm³/mol. The molecule has 0 bridgehead atoms. The molecule has 5 aliphatic carbocycles. The van der Waals surface area contributed by atoms with E-state index in [1.165, 1.54) is 128 Å². The van der Waals surface area contributed by atoms with Crippen molar-refractivity contribution in [2.75, 3.05) is 4.90 Å². The number of rotatable bonds is 4. The van der Waals surface area contributed by atoms with Crippen molar-refractivity contribution in [1.82, 2.24) is 0 Å². The molecule has 0 aliphatic heterocycles. The van der Waals surface area contributed by atoms with Gasteiger partial charge in [0.1, 0.15) is 0 Å². The zero-order valence-electron chi connectivity index (χ0n) is 39.8. The third-order valence-corrected chi connectivity index (χ3v) is 17.2. The zero-order valence-corrected chi connectivity index (χ0v) is 39.8. The highest BCUT2D eigenvalue weighted by molar-refractivity contribution is 6.05. The molecule has 1 heteroatoms. The highest BCUT2D eigenvalue weighted by Crippen LogP contribution is 2.60. The van der Waals surface area contributed by atoms with Gasteiger partial charge in [-0.05, 0) is 167 Å². The Bertz CT molecular complexity index is 3420. The van der Waals surface area contributed by atoms with Crippen LogP contribution in [0.25, 0.3) is 55.3 Å². The van der Waals surface area contributed by atoms with Gasteiger partial charge in [-0.1, -0.05) is 176 Å². The molecular weight excluding hydrogens is 795 g/mol. The van der Waals surface area contributed by atoms with Crippen LogP contribution in [-0.2, 0) is 21.7 Å². The summed E-state index contributed by atoms with van der Waals surface area (Å²) < 4.78 is 0. The lowest BCUT2D eigenvalue weighted by molar-refractivity contribution is 0.651. The minimum atomic E-state index is -0.219. The lowest BCUT2D eigenvalue weighted by Gasteiger charge is -2.31. The van der Waals surface area contributed by atoms with Crippen molar-refractivity contribution in [3.63, 3.8) is 0 Å². The quantitative estimate of drug-likeness (QED) is 0.170. The van der Waals surface area contributed by atoms with Gasteiger partial charge in [-0.3, -0.25) is 0 Å². The van der Waals surface area contributed by atoms with Gasteiger partial charge in [0.05, 0.1) is 0 Å². The Hall–Kier alpha value is -6.70. The summed E-state index contributed by atoms with van der Waals surface area (Å²) in [6.07, 6.45) is 7.92. The molecule has 1 unspecified atom stereocenters. The monoisotopic (exact) mass is 851 g/mol. The van der Waals surface area contributed by atoms with E-state index in [1.807, 2.05) is 0 Å². The van der Waals surface area contributed by atoms with Crippen molar-refractivity contribution in [1.29, 1.82) is 0 Å². The van der Waals surface area contributed by atoms with Crippen LogP contribution in [0, 0.1) is 0 Å². The number of hydrogen-bond acceptors (Lipinski definition) is 1. The van der Waals surface area contributed by atoms with Crippen LogP contribution in [0.15, 0.2) is 169 Å². The molecule has 5 aliphatic rings. The molecule has 0 saturated heterocycles. The molecule has 0 radical (unpaired) electrons. The molecule has 0 N–H and O–H groups in total. The number of allylic oxidation sites excluding steroid dienone is 4. The van der Waals surface area contributed by atoms with Crippen LogP contribution in [0.3, 0.4) is 0 Å². The van der Waals surface area contributed by atoms with Gasteiger partial charge in [-0.25, -0.2) is 0 Å². The third kappa shape index (κ3) is 5.12. The molecule has 0 aromatic heterocycles. The summed E-state index contributed by atoms with van der Waals surface area (Å²) in [5, 5.41) is 2.77. The lowest BCUT2D eigenvalue weighted by Crippen LogP contribution is -2.19. The van der Waals surface area contributed by atoms with E-state index in [-0.39, 0.29) is 21.7 Å². The van der Waals surface area contributed by atoms with E-state index in [4.69, 9.17) is 0 Å². The van der Waals surface area contributed by atoms with Crippen molar-refractivity contribution >= 4 is 27.8 Å².